The van der Waals surface area contributed by atoms with Crippen molar-refractivity contribution in [1.82, 2.24) is 9.72 Å². The van der Waals surface area contributed by atoms with Crippen LogP contribution in [0.2, 0.25) is 5.02 Å². The molecule has 3 aromatic rings. The summed E-state index contributed by atoms with van der Waals surface area (Å²) in [5.74, 6) is 0.264. The first-order chi connectivity index (χ1) is 13.0. The largest absolute Gasteiger partial charge is 0.466 e. The molecule has 1 aliphatic carbocycles. The average molecular weight is 389 g/mol. The molecule has 0 atom stereocenters. The maximum Gasteiger partial charge on any atom is 0.308 e. The number of carbonyl (C=O) groups is 1. The quantitative estimate of drug-likeness (QED) is 0.622. The molecule has 1 aromatic carbocycles. The predicted octanol–water partition coefficient (Wildman–Crippen LogP) is 4.40. The van der Waals surface area contributed by atoms with Crippen molar-refractivity contribution in [3.05, 3.63) is 39.3 Å². The van der Waals surface area contributed by atoms with Crippen LogP contribution in [0.1, 0.15) is 44.4 Å². The van der Waals surface area contributed by atoms with E-state index in [1.165, 1.54) is 0 Å². The van der Waals surface area contributed by atoms with Crippen LogP contribution in [-0.4, -0.2) is 22.3 Å². The van der Waals surface area contributed by atoms with Crippen molar-refractivity contribution in [3.8, 4) is 0 Å². The molecule has 0 amide bonds. The molecule has 0 bridgehead atoms. The molecule has 0 radical (unpaired) electrons. The molecule has 0 unspecified atom stereocenters. The van der Waals surface area contributed by atoms with Crippen LogP contribution in [0.25, 0.3) is 21.8 Å². The lowest BCUT2D eigenvalue weighted by molar-refractivity contribution is -0.149. The van der Waals surface area contributed by atoms with Crippen molar-refractivity contribution in [3.63, 3.8) is 0 Å². The van der Waals surface area contributed by atoms with Crippen LogP contribution in [0.3, 0.4) is 0 Å². The highest BCUT2D eigenvalue weighted by Gasteiger charge is 2.30. The van der Waals surface area contributed by atoms with Crippen LogP contribution in [-0.2, 0) is 9.53 Å². The summed E-state index contributed by atoms with van der Waals surface area (Å²) < 4.78 is 12.3. The first kappa shape index (κ1) is 18.0. The smallest absolute Gasteiger partial charge is 0.308 e. The summed E-state index contributed by atoms with van der Waals surface area (Å²) in [5, 5.41) is 5.83. The van der Waals surface area contributed by atoms with E-state index >= 15 is 0 Å². The van der Waals surface area contributed by atoms with Crippen molar-refractivity contribution in [2.75, 3.05) is 6.61 Å². The summed E-state index contributed by atoms with van der Waals surface area (Å²) >= 11 is 6.45. The first-order valence-electron chi connectivity index (χ1n) is 9.28. The van der Waals surface area contributed by atoms with Gasteiger partial charge in [-0.2, -0.15) is 0 Å². The molecule has 2 aromatic heterocycles. The minimum atomic E-state index is -0.137. The molecule has 1 saturated carbocycles. The van der Waals surface area contributed by atoms with Gasteiger partial charge in [0.1, 0.15) is 16.7 Å². The number of hydrogen-bond acceptors (Lipinski definition) is 5. The third kappa shape index (κ3) is 2.92. The third-order valence-electron chi connectivity index (χ3n) is 5.47. The molecule has 0 spiro atoms. The molecule has 142 valence electrons. The van der Waals surface area contributed by atoms with Crippen LogP contribution in [0.4, 0.5) is 0 Å². The molecular weight excluding hydrogens is 368 g/mol. The molecule has 0 aliphatic heterocycles. The lowest BCUT2D eigenvalue weighted by Gasteiger charge is -2.29. The second kappa shape index (κ2) is 7.00. The van der Waals surface area contributed by atoms with Gasteiger partial charge < -0.3 is 13.8 Å². The van der Waals surface area contributed by atoms with E-state index in [1.807, 2.05) is 23.6 Å². The van der Waals surface area contributed by atoms with Crippen molar-refractivity contribution < 1.29 is 14.1 Å². The Hall–Kier alpha value is -2.34. The maximum absolute atomic E-state index is 13.3. The van der Waals surface area contributed by atoms with Gasteiger partial charge in [-0.15, -0.1) is 0 Å². The van der Waals surface area contributed by atoms with E-state index in [9.17, 15) is 9.59 Å². The first-order valence-corrected chi connectivity index (χ1v) is 9.66. The fourth-order valence-electron chi connectivity index (χ4n) is 4.16. The number of esters is 1. The summed E-state index contributed by atoms with van der Waals surface area (Å²) in [4.78, 5) is 25.3. The molecule has 7 heteroatoms. The van der Waals surface area contributed by atoms with Crippen molar-refractivity contribution >= 4 is 39.4 Å². The van der Waals surface area contributed by atoms with Gasteiger partial charge in [0, 0.05) is 11.4 Å². The number of pyridine rings is 1. The number of hydrogen-bond donors (Lipinski definition) is 0. The Labute approximate surface area is 161 Å². The highest BCUT2D eigenvalue weighted by atomic mass is 35.5. The normalized spacial score (nSPS) is 20.3. The van der Waals surface area contributed by atoms with Crippen molar-refractivity contribution in [1.29, 1.82) is 0 Å². The molecule has 27 heavy (non-hydrogen) atoms. The average Bonchev–Trinajstić information content (AvgIpc) is 3.04. The summed E-state index contributed by atoms with van der Waals surface area (Å²) in [6.45, 7) is 3.95. The molecule has 6 nitrogen and oxygen atoms in total. The van der Waals surface area contributed by atoms with E-state index in [0.717, 1.165) is 23.7 Å². The monoisotopic (exact) mass is 388 g/mol. The van der Waals surface area contributed by atoms with Gasteiger partial charge in [-0.05, 0) is 51.7 Å². The van der Waals surface area contributed by atoms with Gasteiger partial charge in [0.2, 0.25) is 0 Å². The Morgan fingerprint density at radius 1 is 1.30 bits per heavy atom. The fourth-order valence-corrected chi connectivity index (χ4v) is 4.42. The van der Waals surface area contributed by atoms with Gasteiger partial charge in [0.15, 0.2) is 0 Å². The number of ether oxygens (including phenoxy) is 1. The zero-order chi connectivity index (χ0) is 19.1. The number of aromatic nitrogens is 2. The minimum absolute atomic E-state index is 0.00263. The van der Waals surface area contributed by atoms with Crippen LogP contribution in [0.15, 0.2) is 27.5 Å². The van der Waals surface area contributed by atoms with Crippen LogP contribution >= 0.6 is 11.6 Å². The molecule has 1 fully saturated rings. The zero-order valence-corrected chi connectivity index (χ0v) is 16.1. The van der Waals surface area contributed by atoms with E-state index < -0.39 is 0 Å². The number of nitrogens with zero attached hydrogens (tertiary/aromatic N) is 2. The molecule has 4 rings (SSSR count). The summed E-state index contributed by atoms with van der Waals surface area (Å²) in [7, 11) is 0. The standard InChI is InChI=1S/C20H21ClN2O4/c1-3-26-20(25)12-7-9-13(10-8-12)23-15-6-4-5-14(21)17(15)18-16(19(23)24)11(2)27-22-18/h4-6,12-13H,3,7-10H2,1-2H3. The molecule has 0 saturated heterocycles. The summed E-state index contributed by atoms with van der Waals surface area (Å²) in [6.07, 6.45) is 2.89. The molecule has 2 heterocycles. The molecule has 0 N–H and O–H groups in total. The SMILES string of the molecule is CCOC(=O)C1CCC(n2c(=O)c3c(C)onc3c3c(Cl)cccc32)CC1. The summed E-state index contributed by atoms with van der Waals surface area (Å²) in [5.41, 5.74) is 1.15. The van der Waals surface area contributed by atoms with Crippen LogP contribution in [0, 0.1) is 12.8 Å². The number of halogens is 1. The van der Waals surface area contributed by atoms with Gasteiger partial charge in [-0.3, -0.25) is 9.59 Å². The number of aryl methyl sites for hydroxylation is 1. The Bertz CT molecular complexity index is 1080. The van der Waals surface area contributed by atoms with E-state index in [0.29, 0.717) is 41.1 Å². The van der Waals surface area contributed by atoms with E-state index in [-0.39, 0.29) is 23.5 Å². The Morgan fingerprint density at radius 3 is 2.74 bits per heavy atom. The van der Waals surface area contributed by atoms with Gasteiger partial charge in [0.05, 0.1) is 23.1 Å². The van der Waals surface area contributed by atoms with E-state index in [1.54, 1.807) is 13.0 Å². The fraction of sp³-hybridized carbons (Fsp3) is 0.450. The van der Waals surface area contributed by atoms with Crippen LogP contribution in [0.5, 0.6) is 0 Å². The Balaban J connectivity index is 1.81. The highest BCUT2D eigenvalue weighted by molar-refractivity contribution is 6.37. The lowest BCUT2D eigenvalue weighted by atomic mass is 9.85. The topological polar surface area (TPSA) is 74.3 Å². The maximum atomic E-state index is 13.3. The number of benzene rings is 1. The number of fused-ring (bicyclic) bond motifs is 3. The number of rotatable bonds is 3. The molecular formula is C20H21ClN2O4. The second-order valence-electron chi connectivity index (χ2n) is 7.03. The molecule has 1 aliphatic rings. The van der Waals surface area contributed by atoms with Gasteiger partial charge in [-0.1, -0.05) is 22.8 Å². The minimum Gasteiger partial charge on any atom is -0.466 e. The van der Waals surface area contributed by atoms with Crippen molar-refractivity contribution in [2.24, 2.45) is 5.92 Å². The van der Waals surface area contributed by atoms with Crippen LogP contribution < -0.4 is 5.56 Å². The van der Waals surface area contributed by atoms with E-state index in [2.05, 4.69) is 5.16 Å². The third-order valence-corrected chi connectivity index (χ3v) is 5.78. The lowest BCUT2D eigenvalue weighted by Crippen LogP contribution is -2.31. The highest BCUT2D eigenvalue weighted by Crippen LogP contribution is 2.37. The van der Waals surface area contributed by atoms with E-state index in [4.69, 9.17) is 20.9 Å². The second-order valence-corrected chi connectivity index (χ2v) is 7.44. The van der Waals surface area contributed by atoms with Crippen molar-refractivity contribution in [2.45, 2.75) is 45.6 Å². The van der Waals surface area contributed by atoms with Gasteiger partial charge in [-0.25, -0.2) is 0 Å². The zero-order valence-electron chi connectivity index (χ0n) is 15.3. The van der Waals surface area contributed by atoms with Gasteiger partial charge in [0.25, 0.3) is 5.56 Å². The number of carbonyl (C=O) groups excluding carboxylic acids is 1. The Morgan fingerprint density at radius 2 is 2.04 bits per heavy atom. The Kier molecular flexibility index (Phi) is 4.68. The van der Waals surface area contributed by atoms with Gasteiger partial charge >= 0.3 is 5.97 Å². The summed E-state index contributed by atoms with van der Waals surface area (Å²) in [6, 6.07) is 5.52. The predicted molar refractivity (Wildman–Crippen MR) is 103 cm³/mol.